The van der Waals surface area contributed by atoms with Crippen molar-refractivity contribution in [3.63, 3.8) is 0 Å². The highest BCUT2D eigenvalue weighted by molar-refractivity contribution is 7.89. The fourth-order valence-corrected chi connectivity index (χ4v) is 5.39. The Labute approximate surface area is 153 Å². The van der Waals surface area contributed by atoms with Gasteiger partial charge in [-0.15, -0.1) is 0 Å². The molecule has 0 aliphatic carbocycles. The molecular formula is C19H23FN2O3S. The second-order valence-corrected chi connectivity index (χ2v) is 8.88. The summed E-state index contributed by atoms with van der Waals surface area (Å²) >= 11 is 0. The Kier molecular flexibility index (Phi) is 4.86. The summed E-state index contributed by atoms with van der Waals surface area (Å²) in [5, 5.41) is 0.0240. The maximum absolute atomic E-state index is 13.5. The normalized spacial score (nSPS) is 22.3. The van der Waals surface area contributed by atoms with Crippen molar-refractivity contribution < 1.29 is 17.2 Å². The fraction of sp³-hybridized carbons (Fsp3) is 0.474. The van der Waals surface area contributed by atoms with Crippen LogP contribution in [0.15, 0.2) is 45.9 Å². The minimum Gasteiger partial charge on any atom is -0.447 e. The molecule has 4 rings (SSSR count). The van der Waals surface area contributed by atoms with E-state index >= 15 is 0 Å². The Morgan fingerprint density at radius 2 is 1.88 bits per heavy atom. The number of sulfonamides is 1. The molecule has 0 N–H and O–H groups in total. The van der Waals surface area contributed by atoms with Gasteiger partial charge in [-0.1, -0.05) is 12.1 Å². The van der Waals surface area contributed by atoms with Crippen LogP contribution < -0.4 is 0 Å². The van der Waals surface area contributed by atoms with Crippen molar-refractivity contribution in [1.29, 1.82) is 0 Å². The van der Waals surface area contributed by atoms with Crippen LogP contribution >= 0.6 is 0 Å². The Morgan fingerprint density at radius 3 is 2.65 bits per heavy atom. The molecule has 0 saturated carbocycles. The van der Waals surface area contributed by atoms with Crippen LogP contribution in [0.1, 0.15) is 43.0 Å². The molecule has 2 aliphatic rings. The van der Waals surface area contributed by atoms with Gasteiger partial charge in [0.05, 0.1) is 6.54 Å². The third-order valence-corrected chi connectivity index (χ3v) is 7.03. The fourth-order valence-electron chi connectivity index (χ4n) is 3.94. The van der Waals surface area contributed by atoms with Crippen LogP contribution in [0.4, 0.5) is 4.39 Å². The molecule has 0 radical (unpaired) electrons. The van der Waals surface area contributed by atoms with E-state index in [0.29, 0.717) is 25.4 Å². The molecule has 2 fully saturated rings. The summed E-state index contributed by atoms with van der Waals surface area (Å²) in [6.45, 7) is 2.53. The van der Waals surface area contributed by atoms with Crippen molar-refractivity contribution in [2.75, 3.05) is 19.6 Å². The first-order valence-corrected chi connectivity index (χ1v) is 10.6. The zero-order valence-corrected chi connectivity index (χ0v) is 15.4. The lowest BCUT2D eigenvalue weighted by Crippen LogP contribution is -2.27. The number of hydrogen-bond donors (Lipinski definition) is 0. The summed E-state index contributed by atoms with van der Waals surface area (Å²) < 4.78 is 45.9. The van der Waals surface area contributed by atoms with E-state index in [1.165, 1.54) is 10.4 Å². The zero-order chi connectivity index (χ0) is 18.1. The highest BCUT2D eigenvalue weighted by atomic mass is 32.2. The molecule has 7 heteroatoms. The molecule has 2 saturated heterocycles. The van der Waals surface area contributed by atoms with Crippen LogP contribution in [0, 0.1) is 5.82 Å². The van der Waals surface area contributed by atoms with Gasteiger partial charge in [-0.05, 0) is 62.1 Å². The molecule has 0 spiro atoms. The molecule has 2 aliphatic heterocycles. The van der Waals surface area contributed by atoms with Gasteiger partial charge in [0.25, 0.3) is 10.0 Å². The van der Waals surface area contributed by atoms with E-state index < -0.39 is 10.0 Å². The van der Waals surface area contributed by atoms with Crippen LogP contribution in [0.5, 0.6) is 0 Å². The van der Waals surface area contributed by atoms with Crippen LogP contribution in [0.2, 0.25) is 0 Å². The summed E-state index contributed by atoms with van der Waals surface area (Å²) in [5.74, 6) is 0.400. The molecule has 26 heavy (non-hydrogen) atoms. The van der Waals surface area contributed by atoms with Crippen molar-refractivity contribution in [3.8, 4) is 0 Å². The molecule has 1 unspecified atom stereocenters. The predicted octanol–water partition coefficient (Wildman–Crippen LogP) is 3.54. The van der Waals surface area contributed by atoms with Crippen molar-refractivity contribution >= 4 is 10.0 Å². The molecule has 0 bridgehead atoms. The minimum absolute atomic E-state index is 0.0240. The number of benzene rings is 1. The maximum atomic E-state index is 13.5. The van der Waals surface area contributed by atoms with Crippen molar-refractivity contribution in [1.82, 2.24) is 9.21 Å². The van der Waals surface area contributed by atoms with Crippen molar-refractivity contribution in [3.05, 3.63) is 53.5 Å². The summed E-state index contributed by atoms with van der Waals surface area (Å²) in [4.78, 5) is 2.22. The number of rotatable bonds is 5. The monoisotopic (exact) mass is 378 g/mol. The first-order valence-electron chi connectivity index (χ1n) is 9.12. The van der Waals surface area contributed by atoms with Gasteiger partial charge in [0.15, 0.2) is 0 Å². The number of nitrogens with zero attached hydrogens (tertiary/aromatic N) is 2. The van der Waals surface area contributed by atoms with Gasteiger partial charge < -0.3 is 4.42 Å². The van der Waals surface area contributed by atoms with E-state index in [-0.39, 0.29) is 17.0 Å². The number of halogens is 1. The van der Waals surface area contributed by atoms with E-state index in [0.717, 1.165) is 37.8 Å². The van der Waals surface area contributed by atoms with Crippen molar-refractivity contribution in [2.24, 2.45) is 0 Å². The van der Waals surface area contributed by atoms with Gasteiger partial charge >= 0.3 is 0 Å². The average Bonchev–Trinajstić information content (AvgIpc) is 3.37. The van der Waals surface area contributed by atoms with E-state index in [4.69, 9.17) is 4.42 Å². The highest BCUT2D eigenvalue weighted by Crippen LogP contribution is 2.34. The summed E-state index contributed by atoms with van der Waals surface area (Å²) in [7, 11) is -3.52. The third kappa shape index (κ3) is 3.43. The van der Waals surface area contributed by atoms with Gasteiger partial charge in [0, 0.05) is 19.1 Å². The maximum Gasteiger partial charge on any atom is 0.276 e. The second kappa shape index (κ2) is 7.13. The van der Waals surface area contributed by atoms with Crippen LogP contribution in [0.3, 0.4) is 0 Å². The number of hydrogen-bond acceptors (Lipinski definition) is 4. The van der Waals surface area contributed by atoms with Crippen LogP contribution in [-0.4, -0.2) is 37.3 Å². The van der Waals surface area contributed by atoms with E-state index in [1.807, 2.05) is 6.07 Å². The lowest BCUT2D eigenvalue weighted by molar-refractivity contribution is 0.220. The van der Waals surface area contributed by atoms with E-state index in [1.54, 1.807) is 24.3 Å². The lowest BCUT2D eigenvalue weighted by Gasteiger charge is -2.23. The largest absolute Gasteiger partial charge is 0.447 e. The summed E-state index contributed by atoms with van der Waals surface area (Å²) in [5.41, 5.74) is 0.957. The molecule has 1 aromatic heterocycles. The van der Waals surface area contributed by atoms with Gasteiger partial charge in [-0.3, -0.25) is 4.90 Å². The quantitative estimate of drug-likeness (QED) is 0.799. The Hall–Kier alpha value is -1.70. The Bertz CT molecular complexity index is 874. The smallest absolute Gasteiger partial charge is 0.276 e. The van der Waals surface area contributed by atoms with Gasteiger partial charge in [-0.25, -0.2) is 12.8 Å². The summed E-state index contributed by atoms with van der Waals surface area (Å²) in [6.07, 6.45) is 3.79. The molecule has 2 aromatic rings. The average molecular weight is 378 g/mol. The van der Waals surface area contributed by atoms with Crippen LogP contribution in [-0.2, 0) is 16.6 Å². The molecule has 5 nitrogen and oxygen atoms in total. The van der Waals surface area contributed by atoms with Gasteiger partial charge in [0.2, 0.25) is 5.09 Å². The van der Waals surface area contributed by atoms with E-state index in [9.17, 15) is 12.8 Å². The van der Waals surface area contributed by atoms with E-state index in [2.05, 4.69) is 4.90 Å². The van der Waals surface area contributed by atoms with Gasteiger partial charge in [0.1, 0.15) is 11.6 Å². The molecule has 3 heterocycles. The Morgan fingerprint density at radius 1 is 1.08 bits per heavy atom. The first kappa shape index (κ1) is 17.7. The Balaban J connectivity index is 1.50. The molecular weight excluding hydrogens is 355 g/mol. The number of likely N-dealkylation sites (tertiary alicyclic amines) is 1. The van der Waals surface area contributed by atoms with Crippen molar-refractivity contribution in [2.45, 2.75) is 43.4 Å². The SMILES string of the molecule is O=S(=O)(c1ccc(CN2CCCC2c2cccc(F)c2)o1)N1CCCC1. The lowest BCUT2D eigenvalue weighted by atomic mass is 10.0. The third-order valence-electron chi connectivity index (χ3n) is 5.25. The minimum atomic E-state index is -3.52. The number of furan rings is 1. The van der Waals surface area contributed by atoms with Crippen LogP contribution in [0.25, 0.3) is 0 Å². The highest BCUT2D eigenvalue weighted by Gasteiger charge is 2.31. The summed E-state index contributed by atoms with van der Waals surface area (Å²) in [6, 6.07) is 10.1. The molecule has 0 amide bonds. The standard InChI is InChI=1S/C19H23FN2O3S/c20-16-6-3-5-15(13-16)18-7-4-10-21(18)14-17-8-9-19(25-17)26(23,24)22-11-1-2-12-22/h3,5-6,8-9,13,18H,1-2,4,7,10-12,14H2. The van der Waals surface area contributed by atoms with Gasteiger partial charge in [-0.2, -0.15) is 4.31 Å². The molecule has 1 atom stereocenters. The second-order valence-electron chi connectivity index (χ2n) is 7.02. The predicted molar refractivity (Wildman–Crippen MR) is 95.5 cm³/mol. The first-order chi connectivity index (χ1) is 12.5. The molecule has 140 valence electrons. The zero-order valence-electron chi connectivity index (χ0n) is 14.6. The topological polar surface area (TPSA) is 53.8 Å². The molecule has 1 aromatic carbocycles.